The second-order valence-electron chi connectivity index (χ2n) is 2.21. The van der Waals surface area contributed by atoms with E-state index in [4.69, 9.17) is 0 Å². The van der Waals surface area contributed by atoms with Crippen LogP contribution in [-0.4, -0.2) is 11.2 Å². The molecule has 1 aromatic rings. The lowest BCUT2D eigenvalue weighted by Crippen LogP contribution is -1.80. The van der Waals surface area contributed by atoms with Crippen LogP contribution in [0.15, 0.2) is 40.4 Å². The first kappa shape index (κ1) is 6.59. The molecule has 0 amide bonds. The number of nitrogens with zero attached hydrogens (tertiary/aromatic N) is 1. The molecule has 11 heavy (non-hydrogen) atoms. The molecule has 0 fully saturated rings. The SMILES string of the molecule is C1=CN=Cc2ccccc2[SH]=1. The van der Waals surface area contributed by atoms with Crippen molar-refractivity contribution in [2.75, 3.05) is 0 Å². The molecule has 0 atom stereocenters. The van der Waals surface area contributed by atoms with Crippen LogP contribution in [0, 0.1) is 0 Å². The Kier molecular flexibility index (Phi) is 1.72. The Balaban J connectivity index is 2.67. The molecule has 2 heteroatoms. The first-order valence-corrected chi connectivity index (χ1v) is 4.26. The average molecular weight is 161 g/mol. The van der Waals surface area contributed by atoms with Crippen molar-refractivity contribution in [3.05, 3.63) is 36.0 Å². The number of thiol groups is 1. The summed E-state index contributed by atoms with van der Waals surface area (Å²) >= 11 is 1.11. The van der Waals surface area contributed by atoms with Gasteiger partial charge in [0, 0.05) is 16.7 Å². The lowest BCUT2D eigenvalue weighted by atomic mass is 10.2. The van der Waals surface area contributed by atoms with Gasteiger partial charge in [0.15, 0.2) is 0 Å². The van der Waals surface area contributed by atoms with Gasteiger partial charge >= 0.3 is 0 Å². The molecule has 0 N–H and O–H groups in total. The van der Waals surface area contributed by atoms with Crippen LogP contribution in [0.3, 0.4) is 0 Å². The molecule has 1 nitrogen and oxygen atoms in total. The van der Waals surface area contributed by atoms with Gasteiger partial charge in [0.1, 0.15) is 0 Å². The maximum absolute atomic E-state index is 4.04. The van der Waals surface area contributed by atoms with E-state index in [1.54, 1.807) is 6.20 Å². The van der Waals surface area contributed by atoms with Crippen LogP contribution < -0.4 is 0 Å². The van der Waals surface area contributed by atoms with Gasteiger partial charge in [-0.3, -0.25) is 4.99 Å². The van der Waals surface area contributed by atoms with Gasteiger partial charge in [-0.2, -0.15) is 0 Å². The fraction of sp³-hybridized carbons (Fsp3) is 0. The third-order valence-electron chi connectivity index (χ3n) is 1.47. The molecule has 0 bridgehead atoms. The summed E-state index contributed by atoms with van der Waals surface area (Å²) in [6.07, 6.45) is 3.57. The molecule has 0 radical (unpaired) electrons. The van der Waals surface area contributed by atoms with Crippen molar-refractivity contribution in [3.8, 4) is 0 Å². The van der Waals surface area contributed by atoms with E-state index in [0.717, 1.165) is 11.4 Å². The maximum Gasteiger partial charge on any atom is 0.0748 e. The third-order valence-corrected chi connectivity index (χ3v) is 2.36. The van der Waals surface area contributed by atoms with Crippen molar-refractivity contribution in [1.29, 1.82) is 0 Å². The molecule has 1 heterocycles. The van der Waals surface area contributed by atoms with E-state index < -0.39 is 0 Å². The summed E-state index contributed by atoms with van der Waals surface area (Å²) in [5.74, 6) is 0. The second-order valence-corrected chi connectivity index (χ2v) is 3.17. The normalized spacial score (nSPS) is 13.5. The number of fused-ring (bicyclic) bond motifs is 1. The molecule has 1 aliphatic rings. The molecular weight excluding hydrogens is 154 g/mol. The molecule has 0 saturated carbocycles. The zero-order chi connectivity index (χ0) is 7.52. The Morgan fingerprint density at radius 1 is 1.27 bits per heavy atom. The van der Waals surface area contributed by atoms with E-state index >= 15 is 0 Å². The summed E-state index contributed by atoms with van der Waals surface area (Å²) < 4.78 is 0. The summed E-state index contributed by atoms with van der Waals surface area (Å²) in [6.45, 7) is 0. The minimum absolute atomic E-state index is 1.11. The van der Waals surface area contributed by atoms with Crippen LogP contribution >= 0.6 is 11.4 Å². The van der Waals surface area contributed by atoms with Gasteiger partial charge in [0.05, 0.1) is 6.20 Å². The molecule has 0 aromatic heterocycles. The Morgan fingerprint density at radius 2 is 2.18 bits per heavy atom. The smallest absolute Gasteiger partial charge is 0.0748 e. The van der Waals surface area contributed by atoms with Gasteiger partial charge in [0.25, 0.3) is 0 Å². The number of benzene rings is 1. The first-order chi connectivity index (χ1) is 5.47. The van der Waals surface area contributed by atoms with Gasteiger partial charge in [-0.1, -0.05) is 23.2 Å². The van der Waals surface area contributed by atoms with Crippen LogP contribution in [0.1, 0.15) is 5.56 Å². The summed E-state index contributed by atoms with van der Waals surface area (Å²) in [5, 5.41) is 3.05. The average Bonchev–Trinajstić information content (AvgIpc) is 2.28. The molecule has 2 rings (SSSR count). The van der Waals surface area contributed by atoms with Crippen molar-refractivity contribution in [2.45, 2.75) is 4.90 Å². The zero-order valence-electron chi connectivity index (χ0n) is 5.86. The summed E-state index contributed by atoms with van der Waals surface area (Å²) in [4.78, 5) is 5.31. The van der Waals surface area contributed by atoms with E-state index in [2.05, 4.69) is 22.1 Å². The summed E-state index contributed by atoms with van der Waals surface area (Å²) in [5.41, 5.74) is 1.19. The highest BCUT2D eigenvalue weighted by Crippen LogP contribution is 2.14. The van der Waals surface area contributed by atoms with Gasteiger partial charge < -0.3 is 0 Å². The van der Waals surface area contributed by atoms with Gasteiger partial charge in [-0.05, 0) is 6.07 Å². The van der Waals surface area contributed by atoms with E-state index in [1.165, 1.54) is 10.5 Å². The lowest BCUT2D eigenvalue weighted by molar-refractivity contribution is 1.44. The lowest BCUT2D eigenvalue weighted by Gasteiger charge is -1.95. The molecule has 0 spiro atoms. The largest absolute Gasteiger partial charge is 0.255 e. The topological polar surface area (TPSA) is 12.4 Å². The highest BCUT2D eigenvalue weighted by molar-refractivity contribution is 7.97. The molecule has 0 aliphatic carbocycles. The number of rotatable bonds is 0. The van der Waals surface area contributed by atoms with Crippen molar-refractivity contribution < 1.29 is 0 Å². The number of hydrogen-bond acceptors (Lipinski definition) is 1. The Hall–Kier alpha value is -1.11. The summed E-state index contributed by atoms with van der Waals surface area (Å²) in [7, 11) is 0. The predicted octanol–water partition coefficient (Wildman–Crippen LogP) is 1.86. The van der Waals surface area contributed by atoms with Crippen molar-refractivity contribution in [1.82, 2.24) is 0 Å². The second kappa shape index (κ2) is 2.87. The van der Waals surface area contributed by atoms with Crippen LogP contribution in [0.4, 0.5) is 0 Å². The monoisotopic (exact) mass is 161 g/mol. The molecule has 1 aromatic carbocycles. The molecule has 0 saturated heterocycles. The van der Waals surface area contributed by atoms with Crippen LogP contribution in [0.2, 0.25) is 0 Å². The van der Waals surface area contributed by atoms with Crippen LogP contribution in [-0.2, 0) is 0 Å². The van der Waals surface area contributed by atoms with Crippen molar-refractivity contribution in [3.63, 3.8) is 0 Å². The van der Waals surface area contributed by atoms with Crippen molar-refractivity contribution >= 4 is 22.6 Å². The van der Waals surface area contributed by atoms with E-state index in [9.17, 15) is 0 Å². The van der Waals surface area contributed by atoms with Crippen molar-refractivity contribution in [2.24, 2.45) is 4.99 Å². The van der Waals surface area contributed by atoms with Crippen LogP contribution in [0.25, 0.3) is 0 Å². The Bertz CT molecular complexity index is 360. The molecular formula is C9H7NS. The highest BCUT2D eigenvalue weighted by Gasteiger charge is 1.94. The fourth-order valence-corrected chi connectivity index (χ4v) is 1.63. The van der Waals surface area contributed by atoms with Gasteiger partial charge in [-0.15, -0.1) is 11.4 Å². The Labute approximate surface area is 69.1 Å². The summed E-state index contributed by atoms with van der Waals surface area (Å²) in [6, 6.07) is 8.21. The number of hydrogen-bond donors (Lipinski definition) is 1. The minimum Gasteiger partial charge on any atom is -0.255 e. The molecule has 1 aliphatic heterocycles. The number of aliphatic imine (C=N–C) groups is 1. The van der Waals surface area contributed by atoms with E-state index in [0.29, 0.717) is 0 Å². The maximum atomic E-state index is 4.04. The van der Waals surface area contributed by atoms with Gasteiger partial charge in [-0.25, -0.2) is 0 Å². The standard InChI is InChI=1S/C9H7NS/c1-2-4-9-8(3-1)7-10-5-6-11-9/h1-5,7,11H. The molecule has 0 unspecified atom stereocenters. The van der Waals surface area contributed by atoms with E-state index in [1.807, 2.05) is 18.3 Å². The van der Waals surface area contributed by atoms with Crippen LogP contribution in [0.5, 0.6) is 0 Å². The fourth-order valence-electron chi connectivity index (χ4n) is 0.948. The first-order valence-electron chi connectivity index (χ1n) is 3.37. The minimum atomic E-state index is 1.11. The van der Waals surface area contributed by atoms with E-state index in [-0.39, 0.29) is 0 Å². The third kappa shape index (κ3) is 1.32. The molecule has 54 valence electrons. The Morgan fingerprint density at radius 3 is 3.18 bits per heavy atom. The van der Waals surface area contributed by atoms with Gasteiger partial charge in [0.2, 0.25) is 0 Å². The quantitative estimate of drug-likeness (QED) is 0.440. The zero-order valence-corrected chi connectivity index (χ0v) is 6.75. The predicted molar refractivity (Wildman–Crippen MR) is 50.9 cm³/mol. The highest BCUT2D eigenvalue weighted by atomic mass is 32.1.